The van der Waals surface area contributed by atoms with E-state index in [9.17, 15) is 18.7 Å². The summed E-state index contributed by atoms with van der Waals surface area (Å²) < 4.78 is 49.6. The molecule has 4 aromatic rings. The van der Waals surface area contributed by atoms with Gasteiger partial charge in [0.1, 0.15) is 11.6 Å². The number of aromatic nitrogens is 2. The first-order valence-electron chi connectivity index (χ1n) is 14.4. The summed E-state index contributed by atoms with van der Waals surface area (Å²) in [5.74, 6) is -2.40. The molecule has 224 valence electrons. The van der Waals surface area contributed by atoms with Gasteiger partial charge in [-0.2, -0.15) is 0 Å². The minimum Gasteiger partial charge on any atom is -0.478 e. The van der Waals surface area contributed by atoms with Crippen molar-refractivity contribution in [2.75, 3.05) is 19.7 Å². The lowest BCUT2D eigenvalue weighted by Gasteiger charge is -2.33. The lowest BCUT2D eigenvalue weighted by atomic mass is 9.88. The first-order valence-corrected chi connectivity index (χ1v) is 14.8. The van der Waals surface area contributed by atoms with Crippen LogP contribution in [-0.2, 0) is 23.6 Å². The van der Waals surface area contributed by atoms with E-state index in [-0.39, 0.29) is 33.9 Å². The smallest absolute Gasteiger partial charge is 0.335 e. The summed E-state index contributed by atoms with van der Waals surface area (Å²) in [7, 11) is 0. The highest BCUT2D eigenvalue weighted by atomic mass is 35.5. The van der Waals surface area contributed by atoms with E-state index in [4.69, 9.17) is 30.8 Å². The quantitative estimate of drug-likeness (QED) is 0.257. The maximum atomic E-state index is 14.9. The summed E-state index contributed by atoms with van der Waals surface area (Å²) in [5, 5.41) is 9.77. The predicted octanol–water partition coefficient (Wildman–Crippen LogP) is 6.48. The Morgan fingerprint density at radius 3 is 2.51 bits per heavy atom. The van der Waals surface area contributed by atoms with Crippen LogP contribution in [0.15, 0.2) is 48.5 Å². The largest absolute Gasteiger partial charge is 0.478 e. The highest BCUT2D eigenvalue weighted by molar-refractivity contribution is 6.30. The molecule has 7 rings (SSSR count). The molecular formula is C32H30ClF2N3O5. The zero-order chi connectivity index (χ0) is 29.9. The van der Waals surface area contributed by atoms with Gasteiger partial charge in [0.25, 0.3) is 5.79 Å². The number of rotatable bonds is 7. The van der Waals surface area contributed by atoms with Crippen molar-refractivity contribution in [3.63, 3.8) is 0 Å². The molecule has 4 heterocycles. The van der Waals surface area contributed by atoms with Gasteiger partial charge in [0.15, 0.2) is 11.6 Å². The van der Waals surface area contributed by atoms with Crippen LogP contribution in [0.4, 0.5) is 8.78 Å². The summed E-state index contributed by atoms with van der Waals surface area (Å²) in [6.45, 7) is 5.07. The van der Waals surface area contributed by atoms with Crippen LogP contribution in [0.5, 0.6) is 11.5 Å². The Balaban J connectivity index is 1.09. The molecule has 0 amide bonds. The second-order valence-corrected chi connectivity index (χ2v) is 12.0. The Kier molecular flexibility index (Phi) is 7.03. The Labute approximate surface area is 251 Å². The van der Waals surface area contributed by atoms with Crippen molar-refractivity contribution in [3.8, 4) is 11.5 Å². The lowest BCUT2D eigenvalue weighted by Crippen LogP contribution is -2.35. The molecule has 1 unspecified atom stereocenters. The number of hydrogen-bond acceptors (Lipinski definition) is 6. The molecule has 0 aliphatic carbocycles. The lowest BCUT2D eigenvalue weighted by molar-refractivity contribution is -0.0724. The summed E-state index contributed by atoms with van der Waals surface area (Å²) in [6.07, 6.45) is 2.64. The molecule has 1 aromatic heterocycles. The van der Waals surface area contributed by atoms with E-state index in [0.717, 1.165) is 61.4 Å². The van der Waals surface area contributed by atoms with Gasteiger partial charge in [0.05, 0.1) is 41.4 Å². The minimum atomic E-state index is -1.53. The number of carbonyl (C=O) groups is 1. The van der Waals surface area contributed by atoms with Gasteiger partial charge in [-0.05, 0) is 80.7 Å². The van der Waals surface area contributed by atoms with E-state index >= 15 is 0 Å². The molecule has 0 spiro atoms. The molecule has 2 saturated heterocycles. The second kappa shape index (κ2) is 10.8. The molecule has 11 heteroatoms. The Bertz CT molecular complexity index is 1730. The number of piperidine rings is 1. The van der Waals surface area contributed by atoms with E-state index in [0.29, 0.717) is 18.8 Å². The van der Waals surface area contributed by atoms with Crippen LogP contribution in [0.1, 0.15) is 59.4 Å². The maximum Gasteiger partial charge on any atom is 0.335 e. The summed E-state index contributed by atoms with van der Waals surface area (Å²) in [5.41, 5.74) is 2.75. The molecule has 3 aliphatic rings. The first kappa shape index (κ1) is 28.1. The molecule has 2 atom stereocenters. The van der Waals surface area contributed by atoms with Gasteiger partial charge >= 0.3 is 5.97 Å². The third-order valence-electron chi connectivity index (χ3n) is 8.75. The zero-order valence-corrected chi connectivity index (χ0v) is 24.2. The number of aromatic carboxylic acids is 1. The van der Waals surface area contributed by atoms with Gasteiger partial charge in [0, 0.05) is 24.1 Å². The highest BCUT2D eigenvalue weighted by Crippen LogP contribution is 2.51. The maximum absolute atomic E-state index is 14.9. The van der Waals surface area contributed by atoms with Gasteiger partial charge in [-0.15, -0.1) is 0 Å². The van der Waals surface area contributed by atoms with Crippen molar-refractivity contribution >= 4 is 28.6 Å². The molecular weight excluding hydrogens is 580 g/mol. The van der Waals surface area contributed by atoms with E-state index < -0.39 is 23.4 Å². The fourth-order valence-electron chi connectivity index (χ4n) is 6.32. The molecule has 1 N–H and O–H groups in total. The standard InChI is InChI=1S/C32H30ClF2N3O5/c1-32(23-5-3-20(33)15-25(23)35)42-29-22(4-6-24(34)30(29)43-32)18-8-11-37(12-9-18)17-28-36-26-7-2-19(31(39)40)14-27(26)38(28)16-21-10-13-41-21/h2-7,14-15,18,21H,8-13,16-17H2,1H3,(H,39,40)/t21-,32?/m0/s1. The first-order chi connectivity index (χ1) is 20.7. The van der Waals surface area contributed by atoms with Crippen molar-refractivity contribution in [1.82, 2.24) is 14.5 Å². The second-order valence-electron chi connectivity index (χ2n) is 11.5. The number of nitrogens with zero attached hydrogens (tertiary/aromatic N) is 3. The number of ether oxygens (including phenoxy) is 3. The number of imidazole rings is 1. The molecule has 43 heavy (non-hydrogen) atoms. The fraction of sp³-hybridized carbons (Fsp3) is 0.375. The molecule has 8 nitrogen and oxygen atoms in total. The number of halogens is 3. The number of hydrogen-bond donors (Lipinski definition) is 1. The van der Waals surface area contributed by atoms with Crippen molar-refractivity contribution in [1.29, 1.82) is 0 Å². The normalized spacial score (nSPS) is 22.2. The fourth-order valence-corrected chi connectivity index (χ4v) is 6.48. The number of carboxylic acid groups (broad SMARTS) is 1. The average Bonchev–Trinajstić information content (AvgIpc) is 3.49. The van der Waals surface area contributed by atoms with E-state index in [2.05, 4.69) is 9.47 Å². The van der Waals surface area contributed by atoms with Crippen molar-refractivity contribution in [2.24, 2.45) is 0 Å². The van der Waals surface area contributed by atoms with E-state index in [1.165, 1.54) is 18.2 Å². The van der Waals surface area contributed by atoms with Crippen LogP contribution in [0.3, 0.4) is 0 Å². The van der Waals surface area contributed by atoms with Crippen molar-refractivity contribution < 1.29 is 32.9 Å². The molecule has 0 saturated carbocycles. The van der Waals surface area contributed by atoms with Crippen molar-refractivity contribution in [3.05, 3.63) is 87.7 Å². The monoisotopic (exact) mass is 609 g/mol. The topological polar surface area (TPSA) is 86.1 Å². The number of fused-ring (bicyclic) bond motifs is 2. The van der Waals surface area contributed by atoms with Gasteiger partial charge < -0.3 is 23.9 Å². The average molecular weight is 610 g/mol. The van der Waals surface area contributed by atoms with Crippen LogP contribution >= 0.6 is 11.6 Å². The highest BCUT2D eigenvalue weighted by Gasteiger charge is 2.44. The van der Waals surface area contributed by atoms with E-state index in [1.807, 2.05) is 0 Å². The third kappa shape index (κ3) is 5.11. The number of carboxylic acids is 1. The third-order valence-corrected chi connectivity index (χ3v) is 8.99. The number of likely N-dealkylation sites (tertiary alicyclic amines) is 1. The van der Waals surface area contributed by atoms with Crippen LogP contribution in [-0.4, -0.2) is 51.3 Å². The summed E-state index contributed by atoms with van der Waals surface area (Å²) in [4.78, 5) is 18.8. The summed E-state index contributed by atoms with van der Waals surface area (Å²) in [6, 6.07) is 12.4. The zero-order valence-electron chi connectivity index (χ0n) is 23.5. The molecule has 3 aromatic carbocycles. The Hall–Kier alpha value is -3.73. The molecule has 0 bridgehead atoms. The Morgan fingerprint density at radius 2 is 1.81 bits per heavy atom. The summed E-state index contributed by atoms with van der Waals surface area (Å²) >= 11 is 5.93. The van der Waals surface area contributed by atoms with Crippen LogP contribution in [0.2, 0.25) is 5.02 Å². The van der Waals surface area contributed by atoms with Gasteiger partial charge in [-0.1, -0.05) is 17.7 Å². The predicted molar refractivity (Wildman–Crippen MR) is 155 cm³/mol. The van der Waals surface area contributed by atoms with Crippen molar-refractivity contribution in [2.45, 2.75) is 57.1 Å². The SMILES string of the molecule is CC1(c2ccc(Cl)cc2F)Oc2c(F)ccc(C3CCN(Cc4nc5ccc(C(=O)O)cc5n4C[C@@H]4CCO4)CC3)c2O1. The van der Waals surface area contributed by atoms with Gasteiger partial charge in [0.2, 0.25) is 5.75 Å². The van der Waals surface area contributed by atoms with Crippen LogP contribution in [0, 0.1) is 11.6 Å². The molecule has 3 aliphatic heterocycles. The Morgan fingerprint density at radius 1 is 1.05 bits per heavy atom. The van der Waals surface area contributed by atoms with Crippen LogP contribution < -0.4 is 9.47 Å². The number of benzene rings is 3. The van der Waals surface area contributed by atoms with Gasteiger partial charge in [-0.25, -0.2) is 18.6 Å². The molecule has 0 radical (unpaired) electrons. The minimum absolute atomic E-state index is 0.00978. The molecule has 2 fully saturated rings. The van der Waals surface area contributed by atoms with Crippen LogP contribution in [0.25, 0.3) is 11.0 Å². The van der Waals surface area contributed by atoms with E-state index in [1.54, 1.807) is 37.3 Å². The van der Waals surface area contributed by atoms with Gasteiger partial charge in [-0.3, -0.25) is 4.90 Å².